The van der Waals surface area contributed by atoms with E-state index in [1.54, 1.807) is 0 Å². The smallest absolute Gasteiger partial charge is 0.00924 e. The van der Waals surface area contributed by atoms with Crippen LogP contribution in [0.3, 0.4) is 0 Å². The van der Waals surface area contributed by atoms with Crippen molar-refractivity contribution in [3.05, 3.63) is 0 Å². The zero-order chi connectivity index (χ0) is 9.31. The SMILES string of the molecule is CNCC1(CN(C)C2CCC2)CC1. The van der Waals surface area contributed by atoms with E-state index in [1.807, 2.05) is 0 Å². The zero-order valence-corrected chi connectivity index (χ0v) is 8.97. The maximum Gasteiger partial charge on any atom is 0.00924 e. The first kappa shape index (κ1) is 9.47. The van der Waals surface area contributed by atoms with Crippen LogP contribution in [0.4, 0.5) is 0 Å². The van der Waals surface area contributed by atoms with Crippen molar-refractivity contribution in [2.24, 2.45) is 5.41 Å². The molecule has 13 heavy (non-hydrogen) atoms. The molecule has 0 aliphatic heterocycles. The van der Waals surface area contributed by atoms with Crippen LogP contribution in [0.25, 0.3) is 0 Å². The summed E-state index contributed by atoms with van der Waals surface area (Å²) < 4.78 is 0. The van der Waals surface area contributed by atoms with Crippen LogP contribution in [-0.4, -0.2) is 38.1 Å². The van der Waals surface area contributed by atoms with Gasteiger partial charge in [-0.2, -0.15) is 0 Å². The lowest BCUT2D eigenvalue weighted by Gasteiger charge is -2.37. The Morgan fingerprint density at radius 3 is 2.46 bits per heavy atom. The first-order valence-electron chi connectivity index (χ1n) is 5.61. The second-order valence-corrected chi connectivity index (χ2v) is 5.03. The largest absolute Gasteiger partial charge is 0.319 e. The Balaban J connectivity index is 1.76. The van der Waals surface area contributed by atoms with Gasteiger partial charge in [-0.1, -0.05) is 6.42 Å². The summed E-state index contributed by atoms with van der Waals surface area (Å²) in [5, 5.41) is 3.32. The van der Waals surface area contributed by atoms with Gasteiger partial charge in [-0.3, -0.25) is 0 Å². The first-order chi connectivity index (χ1) is 6.26. The second kappa shape index (κ2) is 3.58. The Morgan fingerprint density at radius 1 is 1.38 bits per heavy atom. The fourth-order valence-electron chi connectivity index (χ4n) is 2.43. The van der Waals surface area contributed by atoms with E-state index in [2.05, 4.69) is 24.3 Å². The monoisotopic (exact) mass is 182 g/mol. The van der Waals surface area contributed by atoms with Crippen molar-refractivity contribution in [3.63, 3.8) is 0 Å². The van der Waals surface area contributed by atoms with Crippen LogP contribution in [0.1, 0.15) is 32.1 Å². The molecule has 0 aromatic rings. The lowest BCUT2D eigenvalue weighted by atomic mass is 9.91. The Kier molecular flexibility index (Phi) is 2.61. The highest BCUT2D eigenvalue weighted by molar-refractivity contribution is 4.98. The zero-order valence-electron chi connectivity index (χ0n) is 8.97. The minimum absolute atomic E-state index is 0.652. The average molecular weight is 182 g/mol. The van der Waals surface area contributed by atoms with Gasteiger partial charge in [-0.05, 0) is 45.2 Å². The summed E-state index contributed by atoms with van der Waals surface area (Å²) in [5.41, 5.74) is 0.652. The molecule has 0 atom stereocenters. The molecule has 1 N–H and O–H groups in total. The van der Waals surface area contributed by atoms with Gasteiger partial charge in [0.2, 0.25) is 0 Å². The molecule has 0 heterocycles. The van der Waals surface area contributed by atoms with Gasteiger partial charge in [0.25, 0.3) is 0 Å². The minimum atomic E-state index is 0.652. The molecule has 2 rings (SSSR count). The molecule has 2 heteroatoms. The molecule has 2 aliphatic rings. The number of hydrogen-bond acceptors (Lipinski definition) is 2. The third-order valence-electron chi connectivity index (χ3n) is 3.79. The minimum Gasteiger partial charge on any atom is -0.319 e. The standard InChI is InChI=1S/C11H22N2/c1-12-8-11(6-7-11)9-13(2)10-4-3-5-10/h10,12H,3-9H2,1-2H3. The van der Waals surface area contributed by atoms with E-state index in [4.69, 9.17) is 0 Å². The van der Waals surface area contributed by atoms with E-state index >= 15 is 0 Å². The van der Waals surface area contributed by atoms with Crippen molar-refractivity contribution >= 4 is 0 Å². The Hall–Kier alpha value is -0.0800. The average Bonchev–Trinajstić information content (AvgIpc) is 2.65. The van der Waals surface area contributed by atoms with E-state index in [0.29, 0.717) is 5.41 Å². The van der Waals surface area contributed by atoms with Gasteiger partial charge in [0.05, 0.1) is 0 Å². The topological polar surface area (TPSA) is 15.3 Å². The molecule has 2 nitrogen and oxygen atoms in total. The first-order valence-corrected chi connectivity index (χ1v) is 5.61. The Labute approximate surface area is 81.7 Å². The molecule has 0 amide bonds. The summed E-state index contributed by atoms with van der Waals surface area (Å²) in [6, 6.07) is 0.911. The lowest BCUT2D eigenvalue weighted by molar-refractivity contribution is 0.131. The summed E-state index contributed by atoms with van der Waals surface area (Å²) >= 11 is 0. The highest BCUT2D eigenvalue weighted by Gasteiger charge is 2.43. The van der Waals surface area contributed by atoms with Gasteiger partial charge in [-0.15, -0.1) is 0 Å². The predicted molar refractivity (Wildman–Crippen MR) is 55.9 cm³/mol. The highest BCUT2D eigenvalue weighted by atomic mass is 15.2. The molecular formula is C11H22N2. The van der Waals surface area contributed by atoms with Gasteiger partial charge in [0, 0.05) is 19.1 Å². The Bertz CT molecular complexity index is 171. The van der Waals surface area contributed by atoms with Crippen molar-refractivity contribution < 1.29 is 0 Å². The molecular weight excluding hydrogens is 160 g/mol. The van der Waals surface area contributed by atoms with Crippen LogP contribution >= 0.6 is 0 Å². The fraction of sp³-hybridized carbons (Fsp3) is 1.00. The summed E-state index contributed by atoms with van der Waals surface area (Å²) in [4.78, 5) is 2.59. The van der Waals surface area contributed by atoms with Crippen molar-refractivity contribution in [1.82, 2.24) is 10.2 Å². The van der Waals surface area contributed by atoms with Crippen LogP contribution in [0.5, 0.6) is 0 Å². The number of rotatable bonds is 5. The van der Waals surface area contributed by atoms with Crippen LogP contribution in [0.2, 0.25) is 0 Å². The fourth-order valence-corrected chi connectivity index (χ4v) is 2.43. The van der Waals surface area contributed by atoms with Gasteiger partial charge in [0.15, 0.2) is 0 Å². The van der Waals surface area contributed by atoms with E-state index in [9.17, 15) is 0 Å². The second-order valence-electron chi connectivity index (χ2n) is 5.03. The number of nitrogens with zero attached hydrogens (tertiary/aromatic N) is 1. The molecule has 2 saturated carbocycles. The van der Waals surface area contributed by atoms with Gasteiger partial charge in [-0.25, -0.2) is 0 Å². The highest BCUT2D eigenvalue weighted by Crippen LogP contribution is 2.46. The molecule has 0 spiro atoms. The quantitative estimate of drug-likeness (QED) is 0.692. The van der Waals surface area contributed by atoms with Crippen LogP contribution < -0.4 is 5.32 Å². The normalized spacial score (nSPS) is 26.1. The van der Waals surface area contributed by atoms with E-state index in [1.165, 1.54) is 45.2 Å². The summed E-state index contributed by atoms with van der Waals surface area (Å²) in [5.74, 6) is 0. The molecule has 0 saturated heterocycles. The van der Waals surface area contributed by atoms with Crippen molar-refractivity contribution in [2.45, 2.75) is 38.1 Å². The third-order valence-corrected chi connectivity index (χ3v) is 3.79. The van der Waals surface area contributed by atoms with Crippen LogP contribution in [0, 0.1) is 5.41 Å². The van der Waals surface area contributed by atoms with Crippen molar-refractivity contribution in [3.8, 4) is 0 Å². The summed E-state index contributed by atoms with van der Waals surface area (Å²) in [6.07, 6.45) is 7.20. The maximum absolute atomic E-state index is 3.32. The lowest BCUT2D eigenvalue weighted by Crippen LogP contribution is -2.42. The molecule has 0 bridgehead atoms. The number of hydrogen-bond donors (Lipinski definition) is 1. The van der Waals surface area contributed by atoms with Gasteiger partial charge < -0.3 is 10.2 Å². The summed E-state index contributed by atoms with van der Waals surface area (Å²) in [7, 11) is 4.38. The Morgan fingerprint density at radius 2 is 2.08 bits per heavy atom. The predicted octanol–water partition coefficient (Wildman–Crippen LogP) is 1.47. The van der Waals surface area contributed by atoms with Crippen molar-refractivity contribution in [1.29, 1.82) is 0 Å². The third kappa shape index (κ3) is 2.05. The number of nitrogens with one attached hydrogen (secondary N) is 1. The molecule has 2 aliphatic carbocycles. The van der Waals surface area contributed by atoms with Gasteiger partial charge >= 0.3 is 0 Å². The van der Waals surface area contributed by atoms with Gasteiger partial charge in [0.1, 0.15) is 0 Å². The molecule has 0 radical (unpaired) electrons. The molecule has 0 aromatic carbocycles. The summed E-state index contributed by atoms with van der Waals surface area (Å²) in [6.45, 7) is 2.53. The van der Waals surface area contributed by atoms with E-state index < -0.39 is 0 Å². The molecule has 2 fully saturated rings. The van der Waals surface area contributed by atoms with E-state index in [0.717, 1.165) is 6.04 Å². The van der Waals surface area contributed by atoms with Crippen LogP contribution in [0.15, 0.2) is 0 Å². The van der Waals surface area contributed by atoms with E-state index in [-0.39, 0.29) is 0 Å². The van der Waals surface area contributed by atoms with Crippen molar-refractivity contribution in [2.75, 3.05) is 27.2 Å². The molecule has 76 valence electrons. The van der Waals surface area contributed by atoms with Crippen LogP contribution in [-0.2, 0) is 0 Å². The molecule has 0 unspecified atom stereocenters. The maximum atomic E-state index is 3.32. The molecule has 0 aromatic heterocycles.